The van der Waals surface area contributed by atoms with Gasteiger partial charge in [-0.2, -0.15) is 0 Å². The third-order valence-corrected chi connectivity index (χ3v) is 7.86. The van der Waals surface area contributed by atoms with E-state index in [1.807, 2.05) is 0 Å². The Bertz CT molecular complexity index is 869. The van der Waals surface area contributed by atoms with Crippen molar-refractivity contribution in [1.82, 2.24) is 10.2 Å². The van der Waals surface area contributed by atoms with Crippen LogP contribution in [0.5, 0.6) is 0 Å². The quantitative estimate of drug-likeness (QED) is 0.671. The highest BCUT2D eigenvalue weighted by Gasteiger charge is 2.42. The Morgan fingerprint density at radius 3 is 2.55 bits per heavy atom. The molecule has 164 valence electrons. The zero-order chi connectivity index (χ0) is 20.9. The minimum Gasteiger partial charge on any atom is -0.369 e. The Morgan fingerprint density at radius 2 is 1.74 bits per heavy atom. The number of nitrogens with zero attached hydrogens (tertiary/aromatic N) is 2. The van der Waals surface area contributed by atoms with Crippen LogP contribution in [-0.2, 0) is 12.0 Å². The second-order valence-corrected chi connectivity index (χ2v) is 9.65. The summed E-state index contributed by atoms with van der Waals surface area (Å²) in [4.78, 5) is 5.22. The number of rotatable bonds is 6. The van der Waals surface area contributed by atoms with Gasteiger partial charge in [0.1, 0.15) is 0 Å². The minimum absolute atomic E-state index is 0.262. The van der Waals surface area contributed by atoms with E-state index in [0.29, 0.717) is 5.92 Å². The molecule has 1 aliphatic carbocycles. The van der Waals surface area contributed by atoms with Gasteiger partial charge in [-0.3, -0.25) is 4.90 Å². The van der Waals surface area contributed by atoms with E-state index in [0.717, 1.165) is 26.2 Å². The summed E-state index contributed by atoms with van der Waals surface area (Å²) in [5.74, 6) is 0.671. The van der Waals surface area contributed by atoms with Gasteiger partial charge in [-0.05, 0) is 67.8 Å². The fourth-order valence-electron chi connectivity index (χ4n) is 6.17. The normalized spacial score (nSPS) is 26.6. The third-order valence-electron chi connectivity index (χ3n) is 7.86. The molecule has 1 fully saturated rings. The lowest BCUT2D eigenvalue weighted by Gasteiger charge is -2.46. The number of piperazine rings is 1. The molecule has 0 radical (unpaired) electrons. The van der Waals surface area contributed by atoms with Gasteiger partial charge in [0, 0.05) is 50.4 Å². The number of hydrogen-bond donors (Lipinski definition) is 1. The predicted octanol–water partition coefficient (Wildman–Crippen LogP) is 4.99. The molecule has 2 atom stereocenters. The first-order valence-corrected chi connectivity index (χ1v) is 12.3. The van der Waals surface area contributed by atoms with Crippen LogP contribution in [0.1, 0.15) is 43.2 Å². The van der Waals surface area contributed by atoms with Crippen LogP contribution in [0.2, 0.25) is 0 Å². The minimum atomic E-state index is 0.262. The smallest absolute Gasteiger partial charge is 0.0367 e. The Labute approximate surface area is 188 Å². The first-order chi connectivity index (χ1) is 15.4. The van der Waals surface area contributed by atoms with E-state index in [2.05, 4.69) is 81.9 Å². The molecule has 31 heavy (non-hydrogen) atoms. The molecular formula is C28H37N3. The molecule has 1 N–H and O–H groups in total. The molecule has 3 nitrogen and oxygen atoms in total. The summed E-state index contributed by atoms with van der Waals surface area (Å²) in [6.07, 6.45) is 11.5. The van der Waals surface area contributed by atoms with E-state index in [-0.39, 0.29) is 5.41 Å². The maximum absolute atomic E-state index is 3.79. The van der Waals surface area contributed by atoms with Crippen LogP contribution in [0.4, 0.5) is 5.69 Å². The maximum Gasteiger partial charge on any atom is 0.0367 e. The highest BCUT2D eigenvalue weighted by Crippen LogP contribution is 2.44. The Balaban J connectivity index is 1.24. The van der Waals surface area contributed by atoms with Gasteiger partial charge in [0.2, 0.25) is 0 Å². The van der Waals surface area contributed by atoms with Gasteiger partial charge < -0.3 is 10.2 Å². The molecule has 2 aromatic rings. The highest BCUT2D eigenvalue weighted by molar-refractivity contribution is 5.46. The Kier molecular flexibility index (Phi) is 6.42. The second kappa shape index (κ2) is 9.58. The number of allylic oxidation sites excluding steroid dienone is 2. The molecule has 0 aromatic heterocycles. The molecule has 2 unspecified atom stereocenters. The van der Waals surface area contributed by atoms with Crippen LogP contribution in [-0.4, -0.2) is 44.2 Å². The van der Waals surface area contributed by atoms with Crippen molar-refractivity contribution in [2.45, 2.75) is 44.1 Å². The zero-order valence-electron chi connectivity index (χ0n) is 18.8. The van der Waals surface area contributed by atoms with E-state index >= 15 is 0 Å². The van der Waals surface area contributed by atoms with Crippen LogP contribution >= 0.6 is 0 Å². The van der Waals surface area contributed by atoms with E-state index in [1.54, 1.807) is 5.56 Å². The first-order valence-electron chi connectivity index (χ1n) is 12.3. The van der Waals surface area contributed by atoms with E-state index < -0.39 is 0 Å². The summed E-state index contributed by atoms with van der Waals surface area (Å²) >= 11 is 0. The van der Waals surface area contributed by atoms with Gasteiger partial charge in [0.25, 0.3) is 0 Å². The summed E-state index contributed by atoms with van der Waals surface area (Å²) < 4.78 is 0. The van der Waals surface area contributed by atoms with Crippen molar-refractivity contribution >= 4 is 5.69 Å². The molecule has 0 saturated carbocycles. The molecule has 5 rings (SSSR count). The van der Waals surface area contributed by atoms with Crippen molar-refractivity contribution in [3.05, 3.63) is 77.9 Å². The summed E-state index contributed by atoms with van der Waals surface area (Å²) in [5, 5.41) is 3.79. The van der Waals surface area contributed by atoms with Crippen molar-refractivity contribution < 1.29 is 0 Å². The van der Waals surface area contributed by atoms with E-state index in [1.165, 1.54) is 63.0 Å². The third kappa shape index (κ3) is 4.44. The van der Waals surface area contributed by atoms with Crippen LogP contribution in [0.15, 0.2) is 66.7 Å². The highest BCUT2D eigenvalue weighted by atomic mass is 15.3. The standard InChI is InChI=1S/C28H37N3/c1-3-11-25(12-4-1)28(23-29-22-24-10-7-8-15-27(24)28)16-9-17-30-18-20-31(21-19-30)26-13-5-2-6-14-26/h2-3,5-8,10-11,13-15,25,29H,1,4,9,12,16-23H2. The lowest BCUT2D eigenvalue weighted by molar-refractivity contribution is 0.205. The van der Waals surface area contributed by atoms with Gasteiger partial charge in [-0.1, -0.05) is 54.6 Å². The predicted molar refractivity (Wildman–Crippen MR) is 131 cm³/mol. The summed E-state index contributed by atoms with van der Waals surface area (Å²) in [6.45, 7) is 8.02. The molecule has 1 saturated heterocycles. The van der Waals surface area contributed by atoms with Crippen molar-refractivity contribution in [2.75, 3.05) is 44.2 Å². The van der Waals surface area contributed by atoms with Gasteiger partial charge in [-0.25, -0.2) is 0 Å². The zero-order valence-corrected chi connectivity index (χ0v) is 18.8. The van der Waals surface area contributed by atoms with Crippen molar-refractivity contribution in [3.63, 3.8) is 0 Å². The average molecular weight is 416 g/mol. The molecule has 2 heterocycles. The number of anilines is 1. The van der Waals surface area contributed by atoms with Gasteiger partial charge in [-0.15, -0.1) is 0 Å². The maximum atomic E-state index is 3.79. The first kappa shape index (κ1) is 20.8. The number of hydrogen-bond acceptors (Lipinski definition) is 3. The van der Waals surface area contributed by atoms with E-state index in [9.17, 15) is 0 Å². The Hall–Kier alpha value is -2.10. The van der Waals surface area contributed by atoms with Crippen LogP contribution in [0.25, 0.3) is 0 Å². The monoisotopic (exact) mass is 415 g/mol. The van der Waals surface area contributed by atoms with Crippen LogP contribution < -0.4 is 10.2 Å². The fraction of sp³-hybridized carbons (Fsp3) is 0.500. The molecule has 3 heteroatoms. The molecule has 3 aliphatic rings. The van der Waals surface area contributed by atoms with Gasteiger partial charge >= 0.3 is 0 Å². The van der Waals surface area contributed by atoms with Crippen molar-refractivity contribution in [3.8, 4) is 0 Å². The lowest BCUT2D eigenvalue weighted by atomic mass is 9.62. The van der Waals surface area contributed by atoms with Crippen LogP contribution in [0, 0.1) is 5.92 Å². The largest absolute Gasteiger partial charge is 0.369 e. The topological polar surface area (TPSA) is 18.5 Å². The molecule has 0 amide bonds. The number of nitrogens with one attached hydrogen (secondary N) is 1. The van der Waals surface area contributed by atoms with Gasteiger partial charge in [0.15, 0.2) is 0 Å². The SMILES string of the molecule is C1=CC(C2(CCCN3CCN(c4ccccc4)CC3)CNCc3ccccc32)CCC1. The van der Waals surface area contributed by atoms with E-state index in [4.69, 9.17) is 0 Å². The summed E-state index contributed by atoms with van der Waals surface area (Å²) in [6, 6.07) is 20.1. The molecular weight excluding hydrogens is 378 g/mol. The summed E-state index contributed by atoms with van der Waals surface area (Å²) in [5.41, 5.74) is 4.77. The lowest BCUT2D eigenvalue weighted by Crippen LogP contribution is -2.49. The summed E-state index contributed by atoms with van der Waals surface area (Å²) in [7, 11) is 0. The second-order valence-electron chi connectivity index (χ2n) is 9.65. The average Bonchev–Trinajstić information content (AvgIpc) is 2.86. The van der Waals surface area contributed by atoms with Crippen LogP contribution in [0.3, 0.4) is 0 Å². The van der Waals surface area contributed by atoms with Crippen molar-refractivity contribution in [1.29, 1.82) is 0 Å². The molecule has 0 bridgehead atoms. The number of fused-ring (bicyclic) bond motifs is 1. The Morgan fingerprint density at radius 1 is 0.935 bits per heavy atom. The number of para-hydroxylation sites is 1. The molecule has 2 aromatic carbocycles. The molecule has 2 aliphatic heterocycles. The number of benzene rings is 2. The van der Waals surface area contributed by atoms with Gasteiger partial charge in [0.05, 0.1) is 0 Å². The molecule has 0 spiro atoms. The van der Waals surface area contributed by atoms with Crippen molar-refractivity contribution in [2.24, 2.45) is 5.92 Å². The fourth-order valence-corrected chi connectivity index (χ4v) is 6.17.